The smallest absolute Gasteiger partial charge is 0.0672 e. The van der Waals surface area contributed by atoms with Gasteiger partial charge in [0.15, 0.2) is 0 Å². The molecule has 1 heteroatoms. The van der Waals surface area contributed by atoms with E-state index in [1.54, 1.807) is 5.56 Å². The third-order valence-electron chi connectivity index (χ3n) is 6.35. The molecule has 106 valence electrons. The Labute approximate surface area is 126 Å². The number of hydrogen-bond acceptors (Lipinski definition) is 1. The maximum atomic E-state index is 3.97. The minimum absolute atomic E-state index is 0.0333. The Morgan fingerprint density at radius 3 is 2.38 bits per heavy atom. The summed E-state index contributed by atoms with van der Waals surface area (Å²) in [6.07, 6.45) is 2.62. The fraction of sp³-hybridized carbons (Fsp3) is 0.400. The van der Waals surface area contributed by atoms with Gasteiger partial charge in [0.05, 0.1) is 5.54 Å². The Kier molecular flexibility index (Phi) is 2.05. The summed E-state index contributed by atoms with van der Waals surface area (Å²) in [5.74, 6) is 0.826. The molecule has 1 aliphatic carbocycles. The molecule has 2 bridgehead atoms. The van der Waals surface area contributed by atoms with E-state index in [1.807, 2.05) is 0 Å². The first-order valence-corrected chi connectivity index (χ1v) is 8.10. The van der Waals surface area contributed by atoms with Crippen LogP contribution in [-0.2, 0) is 11.0 Å². The van der Waals surface area contributed by atoms with Crippen molar-refractivity contribution in [3.63, 3.8) is 0 Å². The highest BCUT2D eigenvalue weighted by atomic mass is 15.0. The molecule has 1 nitrogen and oxygen atoms in total. The van der Waals surface area contributed by atoms with E-state index in [9.17, 15) is 0 Å². The molecule has 5 rings (SSSR count). The first-order valence-electron chi connectivity index (χ1n) is 8.10. The molecule has 2 aromatic carbocycles. The molecule has 3 aliphatic rings. The third kappa shape index (κ3) is 1.36. The molecule has 4 atom stereocenters. The van der Waals surface area contributed by atoms with Gasteiger partial charge in [0.2, 0.25) is 0 Å². The molecule has 1 fully saturated rings. The summed E-state index contributed by atoms with van der Waals surface area (Å²) in [5.41, 5.74) is 6.43. The molecule has 21 heavy (non-hydrogen) atoms. The lowest BCUT2D eigenvalue weighted by molar-refractivity contribution is 0.367. The Balaban J connectivity index is 1.84. The van der Waals surface area contributed by atoms with E-state index in [4.69, 9.17) is 0 Å². The Hall–Kier alpha value is -1.60. The highest BCUT2D eigenvalue weighted by Gasteiger charge is 2.57. The first kappa shape index (κ1) is 12.0. The van der Waals surface area contributed by atoms with Gasteiger partial charge in [-0.25, -0.2) is 0 Å². The molecule has 0 spiro atoms. The van der Waals surface area contributed by atoms with E-state index in [-0.39, 0.29) is 5.54 Å². The second kappa shape index (κ2) is 3.59. The molecule has 2 heterocycles. The number of rotatable bonds is 0. The summed E-state index contributed by atoms with van der Waals surface area (Å²) in [6, 6.07) is 18.7. The van der Waals surface area contributed by atoms with Crippen LogP contribution in [0.5, 0.6) is 0 Å². The molecule has 0 aromatic heterocycles. The second-order valence-electron chi connectivity index (χ2n) is 7.51. The number of benzene rings is 2. The standard InChI is InChI=1S/C20H21N/c1-19-12-13(19)11-18-14-7-3-4-8-15(14)20(2,21-18)17-10-6-5-9-16(17)19/h3-10,13,18,21H,11-12H2,1-2H3. The molecule has 2 aromatic rings. The summed E-state index contributed by atoms with van der Waals surface area (Å²) >= 11 is 0. The van der Waals surface area contributed by atoms with Crippen LogP contribution in [0.2, 0.25) is 0 Å². The van der Waals surface area contributed by atoms with Crippen molar-refractivity contribution >= 4 is 0 Å². The van der Waals surface area contributed by atoms with E-state index >= 15 is 0 Å². The van der Waals surface area contributed by atoms with E-state index in [2.05, 4.69) is 67.7 Å². The average molecular weight is 275 g/mol. The SMILES string of the molecule is CC12NC(CC3CC3(C)c3ccccc31)c1ccccc12. The van der Waals surface area contributed by atoms with E-state index < -0.39 is 0 Å². The first-order chi connectivity index (χ1) is 10.1. The monoisotopic (exact) mass is 275 g/mol. The summed E-state index contributed by atoms with van der Waals surface area (Å²) in [5, 5.41) is 3.97. The molecular formula is C20H21N. The van der Waals surface area contributed by atoms with Gasteiger partial charge in [0.25, 0.3) is 0 Å². The van der Waals surface area contributed by atoms with Crippen LogP contribution in [0.15, 0.2) is 48.5 Å². The molecule has 0 amide bonds. The van der Waals surface area contributed by atoms with Gasteiger partial charge in [-0.05, 0) is 53.4 Å². The predicted molar refractivity (Wildman–Crippen MR) is 85.3 cm³/mol. The third-order valence-corrected chi connectivity index (χ3v) is 6.35. The summed E-state index contributed by atoms with van der Waals surface area (Å²) in [7, 11) is 0. The van der Waals surface area contributed by atoms with Crippen LogP contribution in [0, 0.1) is 5.92 Å². The molecule has 1 saturated carbocycles. The molecule has 0 radical (unpaired) electrons. The van der Waals surface area contributed by atoms with Gasteiger partial charge in [0, 0.05) is 6.04 Å². The zero-order valence-electron chi connectivity index (χ0n) is 12.7. The number of hydrogen-bond donors (Lipinski definition) is 1. The van der Waals surface area contributed by atoms with Crippen molar-refractivity contribution in [1.82, 2.24) is 5.32 Å². The fourth-order valence-corrected chi connectivity index (χ4v) is 5.00. The maximum absolute atomic E-state index is 3.97. The van der Waals surface area contributed by atoms with Gasteiger partial charge in [0.1, 0.15) is 0 Å². The lowest BCUT2D eigenvalue weighted by Gasteiger charge is -2.34. The van der Waals surface area contributed by atoms with Gasteiger partial charge in [-0.1, -0.05) is 55.5 Å². The van der Waals surface area contributed by atoms with Crippen LogP contribution < -0.4 is 5.32 Å². The molecule has 4 unspecified atom stereocenters. The molecular weight excluding hydrogens is 254 g/mol. The van der Waals surface area contributed by atoms with Gasteiger partial charge in [-0.2, -0.15) is 0 Å². The highest BCUT2D eigenvalue weighted by molar-refractivity contribution is 5.54. The Morgan fingerprint density at radius 1 is 0.905 bits per heavy atom. The quantitative estimate of drug-likeness (QED) is 0.757. The van der Waals surface area contributed by atoms with Crippen molar-refractivity contribution in [3.8, 4) is 0 Å². The normalized spacial score (nSPS) is 38.8. The van der Waals surface area contributed by atoms with Gasteiger partial charge in [-0.3, -0.25) is 5.32 Å². The topological polar surface area (TPSA) is 12.0 Å². The van der Waals surface area contributed by atoms with Crippen molar-refractivity contribution in [2.24, 2.45) is 5.92 Å². The summed E-state index contributed by atoms with van der Waals surface area (Å²) < 4.78 is 0. The molecule has 1 N–H and O–H groups in total. The van der Waals surface area contributed by atoms with Crippen molar-refractivity contribution in [2.45, 2.75) is 43.7 Å². The number of fused-ring (bicyclic) bond motifs is 9. The van der Waals surface area contributed by atoms with Crippen LogP contribution in [0.4, 0.5) is 0 Å². The van der Waals surface area contributed by atoms with E-state index in [1.165, 1.54) is 29.5 Å². The zero-order valence-corrected chi connectivity index (χ0v) is 12.7. The summed E-state index contributed by atoms with van der Waals surface area (Å²) in [4.78, 5) is 0. The Morgan fingerprint density at radius 2 is 1.57 bits per heavy atom. The van der Waals surface area contributed by atoms with Gasteiger partial charge in [-0.15, -0.1) is 0 Å². The minimum atomic E-state index is -0.0333. The van der Waals surface area contributed by atoms with Crippen molar-refractivity contribution in [2.75, 3.05) is 0 Å². The lowest BCUT2D eigenvalue weighted by atomic mass is 9.78. The van der Waals surface area contributed by atoms with E-state index in [0.29, 0.717) is 11.5 Å². The lowest BCUT2D eigenvalue weighted by Crippen LogP contribution is -2.39. The van der Waals surface area contributed by atoms with Crippen molar-refractivity contribution in [3.05, 3.63) is 70.8 Å². The van der Waals surface area contributed by atoms with Crippen LogP contribution in [0.3, 0.4) is 0 Å². The minimum Gasteiger partial charge on any atom is -0.297 e. The van der Waals surface area contributed by atoms with Crippen LogP contribution >= 0.6 is 0 Å². The average Bonchev–Trinajstić information content (AvgIpc) is 3.05. The van der Waals surface area contributed by atoms with E-state index in [0.717, 1.165) is 5.92 Å². The molecule has 0 saturated heterocycles. The molecule has 2 aliphatic heterocycles. The highest BCUT2D eigenvalue weighted by Crippen LogP contribution is 2.62. The second-order valence-corrected chi connectivity index (χ2v) is 7.51. The van der Waals surface area contributed by atoms with Crippen molar-refractivity contribution in [1.29, 1.82) is 0 Å². The fourth-order valence-electron chi connectivity index (χ4n) is 5.00. The van der Waals surface area contributed by atoms with Crippen LogP contribution in [0.1, 0.15) is 55.0 Å². The largest absolute Gasteiger partial charge is 0.297 e. The predicted octanol–water partition coefficient (Wildman–Crippen LogP) is 4.28. The van der Waals surface area contributed by atoms with Crippen LogP contribution in [-0.4, -0.2) is 0 Å². The zero-order chi connectivity index (χ0) is 14.2. The van der Waals surface area contributed by atoms with Crippen molar-refractivity contribution < 1.29 is 0 Å². The van der Waals surface area contributed by atoms with Gasteiger partial charge >= 0.3 is 0 Å². The summed E-state index contributed by atoms with van der Waals surface area (Å²) in [6.45, 7) is 4.84. The van der Waals surface area contributed by atoms with Gasteiger partial charge < -0.3 is 0 Å². The maximum Gasteiger partial charge on any atom is 0.0672 e. The van der Waals surface area contributed by atoms with Crippen LogP contribution in [0.25, 0.3) is 0 Å². The number of nitrogens with one attached hydrogen (secondary N) is 1. The Bertz CT molecular complexity index is 749.